The van der Waals surface area contributed by atoms with Crippen LogP contribution in [0, 0.1) is 0 Å². The van der Waals surface area contributed by atoms with Crippen LogP contribution in [0.3, 0.4) is 0 Å². The molecule has 0 spiro atoms. The van der Waals surface area contributed by atoms with Gasteiger partial charge in [-0.25, -0.2) is 4.98 Å². The number of guanidine groups is 1. The van der Waals surface area contributed by atoms with Crippen molar-refractivity contribution in [3.05, 3.63) is 59.8 Å². The van der Waals surface area contributed by atoms with Gasteiger partial charge in [-0.3, -0.25) is 4.99 Å². The molecule has 0 aliphatic carbocycles. The number of rotatable bonds is 9. The fourth-order valence-electron chi connectivity index (χ4n) is 2.55. The van der Waals surface area contributed by atoms with Crippen molar-refractivity contribution >= 4 is 35.8 Å². The summed E-state index contributed by atoms with van der Waals surface area (Å²) in [4.78, 5) is 8.35. The Kier molecular flexibility index (Phi) is 11.4. The summed E-state index contributed by atoms with van der Waals surface area (Å²) >= 11 is 0. The summed E-state index contributed by atoms with van der Waals surface area (Å²) in [6, 6.07) is 11.0. The zero-order valence-electron chi connectivity index (χ0n) is 16.3. The number of aliphatic imine (C=N–C) groups is 1. The minimum Gasteiger partial charge on any atom is -0.370 e. The Bertz CT molecular complexity index is 721. The first kappa shape index (κ1) is 25.0. The summed E-state index contributed by atoms with van der Waals surface area (Å²) in [5.74, 6) is 1.56. The Morgan fingerprint density at radius 2 is 1.66 bits per heavy atom. The quantitative estimate of drug-likeness (QED) is 0.199. The highest BCUT2D eigenvalue weighted by molar-refractivity contribution is 14.0. The van der Waals surface area contributed by atoms with Gasteiger partial charge in [0.25, 0.3) is 0 Å². The predicted octanol–water partition coefficient (Wildman–Crippen LogP) is 4.32. The van der Waals surface area contributed by atoms with Crippen LogP contribution in [0.15, 0.2) is 53.7 Å². The SMILES string of the molecule is CN=C(NCCCCNc1ccccn1)NCCc1ccc(C(F)(F)F)cc1.I. The van der Waals surface area contributed by atoms with Gasteiger partial charge in [0.1, 0.15) is 5.82 Å². The molecule has 5 nitrogen and oxygen atoms in total. The lowest BCUT2D eigenvalue weighted by atomic mass is 10.1. The van der Waals surface area contributed by atoms with E-state index < -0.39 is 11.7 Å². The minimum atomic E-state index is -4.30. The summed E-state index contributed by atoms with van der Waals surface area (Å²) < 4.78 is 37.7. The van der Waals surface area contributed by atoms with Crippen molar-refractivity contribution in [2.45, 2.75) is 25.4 Å². The fraction of sp³-hybridized carbons (Fsp3) is 0.400. The number of unbranched alkanes of at least 4 members (excludes halogenated alkanes) is 1. The Hall–Kier alpha value is -2.04. The second kappa shape index (κ2) is 13.2. The summed E-state index contributed by atoms with van der Waals surface area (Å²) in [5, 5.41) is 9.66. The summed E-state index contributed by atoms with van der Waals surface area (Å²) in [5.41, 5.74) is 0.218. The molecule has 0 fully saturated rings. The highest BCUT2D eigenvalue weighted by atomic mass is 127. The first-order valence-corrected chi connectivity index (χ1v) is 9.24. The minimum absolute atomic E-state index is 0. The van der Waals surface area contributed by atoms with Gasteiger partial charge in [-0.05, 0) is 49.1 Å². The summed E-state index contributed by atoms with van der Waals surface area (Å²) in [6.45, 7) is 2.22. The van der Waals surface area contributed by atoms with E-state index >= 15 is 0 Å². The van der Waals surface area contributed by atoms with Crippen molar-refractivity contribution in [2.75, 3.05) is 32.0 Å². The number of hydrogen-bond acceptors (Lipinski definition) is 3. The maximum atomic E-state index is 12.6. The Balaban J connectivity index is 0.00000420. The topological polar surface area (TPSA) is 61.3 Å². The molecular weight excluding hydrogens is 494 g/mol. The normalized spacial score (nSPS) is 11.5. The molecule has 0 amide bonds. The number of aromatic nitrogens is 1. The highest BCUT2D eigenvalue weighted by Gasteiger charge is 2.29. The molecule has 1 aromatic carbocycles. The lowest BCUT2D eigenvalue weighted by molar-refractivity contribution is -0.137. The summed E-state index contributed by atoms with van der Waals surface area (Å²) in [6.07, 6.45) is 0.0402. The first-order valence-electron chi connectivity index (χ1n) is 9.24. The Morgan fingerprint density at radius 1 is 0.966 bits per heavy atom. The van der Waals surface area contributed by atoms with Crippen molar-refractivity contribution < 1.29 is 13.2 Å². The molecule has 29 heavy (non-hydrogen) atoms. The van der Waals surface area contributed by atoms with E-state index in [1.165, 1.54) is 12.1 Å². The second-order valence-electron chi connectivity index (χ2n) is 6.22. The van der Waals surface area contributed by atoms with Gasteiger partial charge >= 0.3 is 6.18 Å². The number of anilines is 1. The molecule has 3 N–H and O–H groups in total. The van der Waals surface area contributed by atoms with Gasteiger partial charge in [0.05, 0.1) is 5.56 Å². The van der Waals surface area contributed by atoms with E-state index in [0.717, 1.165) is 49.4 Å². The fourth-order valence-corrected chi connectivity index (χ4v) is 2.55. The second-order valence-corrected chi connectivity index (χ2v) is 6.22. The van der Waals surface area contributed by atoms with Gasteiger partial charge in [-0.15, -0.1) is 24.0 Å². The number of halogens is 4. The molecule has 1 heterocycles. The Morgan fingerprint density at radius 3 is 2.28 bits per heavy atom. The van der Waals surface area contributed by atoms with Crippen LogP contribution in [0.5, 0.6) is 0 Å². The van der Waals surface area contributed by atoms with Gasteiger partial charge in [-0.1, -0.05) is 18.2 Å². The molecule has 0 bridgehead atoms. The molecule has 160 valence electrons. The van der Waals surface area contributed by atoms with Gasteiger partial charge < -0.3 is 16.0 Å². The number of nitrogens with one attached hydrogen (secondary N) is 3. The van der Waals surface area contributed by atoms with Gasteiger partial charge in [0.15, 0.2) is 5.96 Å². The van der Waals surface area contributed by atoms with E-state index in [4.69, 9.17) is 0 Å². The molecule has 9 heteroatoms. The number of alkyl halides is 3. The lowest BCUT2D eigenvalue weighted by Gasteiger charge is -2.12. The van der Waals surface area contributed by atoms with E-state index in [1.54, 1.807) is 13.2 Å². The van der Waals surface area contributed by atoms with Crippen LogP contribution in [-0.4, -0.2) is 37.6 Å². The van der Waals surface area contributed by atoms with Gasteiger partial charge in [0.2, 0.25) is 0 Å². The molecule has 0 aliphatic rings. The third-order valence-electron chi connectivity index (χ3n) is 4.08. The largest absolute Gasteiger partial charge is 0.416 e. The molecule has 0 radical (unpaired) electrons. The monoisotopic (exact) mass is 521 g/mol. The lowest BCUT2D eigenvalue weighted by Crippen LogP contribution is -2.38. The van der Waals surface area contributed by atoms with Crippen molar-refractivity contribution in [3.63, 3.8) is 0 Å². The van der Waals surface area contributed by atoms with E-state index in [1.807, 2.05) is 18.2 Å². The third-order valence-corrected chi connectivity index (χ3v) is 4.08. The van der Waals surface area contributed by atoms with Crippen LogP contribution in [0.2, 0.25) is 0 Å². The van der Waals surface area contributed by atoms with E-state index in [0.29, 0.717) is 18.9 Å². The van der Waals surface area contributed by atoms with E-state index in [9.17, 15) is 13.2 Å². The molecule has 1 aromatic heterocycles. The van der Waals surface area contributed by atoms with E-state index in [-0.39, 0.29) is 24.0 Å². The average molecular weight is 521 g/mol. The van der Waals surface area contributed by atoms with Crippen LogP contribution in [0.4, 0.5) is 19.0 Å². The van der Waals surface area contributed by atoms with Crippen LogP contribution >= 0.6 is 24.0 Å². The van der Waals surface area contributed by atoms with Gasteiger partial charge in [-0.2, -0.15) is 13.2 Å². The molecule has 2 aromatic rings. The van der Waals surface area contributed by atoms with Crippen LogP contribution in [-0.2, 0) is 12.6 Å². The number of pyridine rings is 1. The molecule has 0 aliphatic heterocycles. The molecule has 0 saturated heterocycles. The van der Waals surface area contributed by atoms with Gasteiger partial charge in [0, 0.05) is 32.9 Å². The van der Waals surface area contributed by atoms with Crippen molar-refractivity contribution in [1.82, 2.24) is 15.6 Å². The maximum absolute atomic E-state index is 12.6. The molecule has 0 unspecified atom stereocenters. The van der Waals surface area contributed by atoms with Crippen molar-refractivity contribution in [1.29, 1.82) is 0 Å². The molecule has 2 rings (SSSR count). The van der Waals surface area contributed by atoms with Crippen molar-refractivity contribution in [3.8, 4) is 0 Å². The highest BCUT2D eigenvalue weighted by Crippen LogP contribution is 2.29. The molecular formula is C20H27F3IN5. The van der Waals surface area contributed by atoms with Crippen LogP contribution in [0.25, 0.3) is 0 Å². The van der Waals surface area contributed by atoms with E-state index in [2.05, 4.69) is 25.9 Å². The molecule has 0 atom stereocenters. The maximum Gasteiger partial charge on any atom is 0.416 e. The first-order chi connectivity index (χ1) is 13.5. The van der Waals surface area contributed by atoms with Crippen LogP contribution in [0.1, 0.15) is 24.0 Å². The van der Waals surface area contributed by atoms with Crippen LogP contribution < -0.4 is 16.0 Å². The number of hydrogen-bond donors (Lipinski definition) is 3. The number of benzene rings is 1. The zero-order chi connectivity index (χ0) is 20.2. The standard InChI is InChI=1S/C20H26F3N5.HI/c1-24-19(27-14-5-4-13-26-18-6-2-3-12-25-18)28-15-11-16-7-9-17(10-8-16)20(21,22)23;/h2-3,6-10,12H,4-5,11,13-15H2,1H3,(H,25,26)(H2,24,27,28);1H. The van der Waals surface area contributed by atoms with Crippen molar-refractivity contribution in [2.24, 2.45) is 4.99 Å². The predicted molar refractivity (Wildman–Crippen MR) is 122 cm³/mol. The Labute approximate surface area is 186 Å². The summed E-state index contributed by atoms with van der Waals surface area (Å²) in [7, 11) is 1.69. The third kappa shape index (κ3) is 9.82. The zero-order valence-corrected chi connectivity index (χ0v) is 18.6. The molecule has 0 saturated carbocycles. The average Bonchev–Trinajstić information content (AvgIpc) is 2.69. The smallest absolute Gasteiger partial charge is 0.370 e. The number of nitrogens with zero attached hydrogens (tertiary/aromatic N) is 2.